The van der Waals surface area contributed by atoms with E-state index >= 15 is 0 Å². The first-order valence-electron chi connectivity index (χ1n) is 5.80. The predicted molar refractivity (Wildman–Crippen MR) is 68.8 cm³/mol. The van der Waals surface area contributed by atoms with Crippen LogP contribution in [0.5, 0.6) is 0 Å². The number of hydrogen-bond acceptors (Lipinski definition) is 0. The summed E-state index contributed by atoms with van der Waals surface area (Å²) in [6, 6.07) is 0. The van der Waals surface area contributed by atoms with Crippen molar-refractivity contribution in [2.75, 3.05) is 0 Å². The molecule has 0 radical (unpaired) electrons. The van der Waals surface area contributed by atoms with Crippen LogP contribution in [-0.4, -0.2) is 0 Å². The van der Waals surface area contributed by atoms with Crippen LogP contribution in [0, 0.1) is 5.41 Å². The van der Waals surface area contributed by atoms with Gasteiger partial charge in [-0.05, 0) is 31.1 Å². The van der Waals surface area contributed by atoms with Gasteiger partial charge in [0.25, 0.3) is 0 Å². The SMILES string of the molecule is C=C/C=C\C1(CC(=C)C(=C)CCC)CC1. The van der Waals surface area contributed by atoms with Crippen molar-refractivity contribution in [3.8, 4) is 0 Å². The summed E-state index contributed by atoms with van der Waals surface area (Å²) in [5, 5.41) is 0. The zero-order valence-electron chi connectivity index (χ0n) is 9.89. The van der Waals surface area contributed by atoms with Crippen molar-refractivity contribution in [2.45, 2.75) is 39.0 Å². The Morgan fingerprint density at radius 2 is 1.93 bits per heavy atom. The lowest BCUT2D eigenvalue weighted by atomic mass is 9.91. The first kappa shape index (κ1) is 12.0. The molecule has 1 rings (SSSR count). The van der Waals surface area contributed by atoms with Crippen molar-refractivity contribution < 1.29 is 0 Å². The summed E-state index contributed by atoms with van der Waals surface area (Å²) in [4.78, 5) is 0. The molecule has 1 fully saturated rings. The molecule has 0 amide bonds. The Labute approximate surface area is 94.1 Å². The van der Waals surface area contributed by atoms with E-state index in [1.165, 1.54) is 24.0 Å². The van der Waals surface area contributed by atoms with E-state index in [-0.39, 0.29) is 0 Å². The molecule has 0 aliphatic heterocycles. The fourth-order valence-electron chi connectivity index (χ4n) is 1.86. The summed E-state index contributed by atoms with van der Waals surface area (Å²) in [6.07, 6.45) is 12.1. The fourth-order valence-corrected chi connectivity index (χ4v) is 1.86. The van der Waals surface area contributed by atoms with Gasteiger partial charge in [-0.3, -0.25) is 0 Å². The average Bonchev–Trinajstić information content (AvgIpc) is 2.96. The first-order chi connectivity index (χ1) is 7.13. The van der Waals surface area contributed by atoms with Gasteiger partial charge in [0.1, 0.15) is 0 Å². The number of hydrogen-bond donors (Lipinski definition) is 0. The highest BCUT2D eigenvalue weighted by molar-refractivity contribution is 5.30. The van der Waals surface area contributed by atoms with Gasteiger partial charge in [-0.15, -0.1) is 0 Å². The molecule has 0 heteroatoms. The molecule has 0 N–H and O–H groups in total. The zero-order valence-corrected chi connectivity index (χ0v) is 9.89. The minimum Gasteiger partial charge on any atom is -0.0991 e. The average molecular weight is 202 g/mol. The Morgan fingerprint density at radius 3 is 2.40 bits per heavy atom. The van der Waals surface area contributed by atoms with Crippen LogP contribution in [0.15, 0.2) is 49.1 Å². The maximum absolute atomic E-state index is 4.15. The second-order valence-electron chi connectivity index (χ2n) is 4.59. The van der Waals surface area contributed by atoms with Gasteiger partial charge in [-0.25, -0.2) is 0 Å². The van der Waals surface area contributed by atoms with Gasteiger partial charge in [0.05, 0.1) is 0 Å². The lowest BCUT2D eigenvalue weighted by molar-refractivity contribution is 0.643. The van der Waals surface area contributed by atoms with Crippen LogP contribution in [0.1, 0.15) is 39.0 Å². The molecule has 1 aliphatic rings. The summed E-state index contributed by atoms with van der Waals surface area (Å²) in [5.41, 5.74) is 2.86. The molecule has 0 atom stereocenters. The van der Waals surface area contributed by atoms with E-state index in [1.807, 2.05) is 6.08 Å². The molecule has 0 aromatic carbocycles. The molecular formula is C15H22. The van der Waals surface area contributed by atoms with E-state index in [4.69, 9.17) is 0 Å². The Kier molecular flexibility index (Phi) is 4.14. The van der Waals surface area contributed by atoms with Crippen molar-refractivity contribution in [3.05, 3.63) is 49.1 Å². The first-order valence-corrected chi connectivity index (χ1v) is 5.80. The van der Waals surface area contributed by atoms with Crippen LogP contribution in [0.3, 0.4) is 0 Å². The van der Waals surface area contributed by atoms with Crippen molar-refractivity contribution >= 4 is 0 Å². The molecule has 0 aromatic rings. The molecular weight excluding hydrogens is 180 g/mol. The smallest absolute Gasteiger partial charge is 0.00742 e. The molecule has 0 saturated heterocycles. The van der Waals surface area contributed by atoms with Gasteiger partial charge in [0.2, 0.25) is 0 Å². The molecule has 0 unspecified atom stereocenters. The Bertz CT molecular complexity index is 287. The molecule has 1 saturated carbocycles. The Morgan fingerprint density at radius 1 is 1.27 bits per heavy atom. The molecule has 0 nitrogen and oxygen atoms in total. The van der Waals surface area contributed by atoms with Gasteiger partial charge in [-0.2, -0.15) is 0 Å². The molecule has 0 bridgehead atoms. The van der Waals surface area contributed by atoms with E-state index in [2.05, 4.69) is 38.8 Å². The Hall–Kier alpha value is -1.04. The topological polar surface area (TPSA) is 0 Å². The van der Waals surface area contributed by atoms with Crippen molar-refractivity contribution in [3.63, 3.8) is 0 Å². The third kappa shape index (κ3) is 3.54. The second kappa shape index (κ2) is 5.16. The summed E-state index contributed by atoms with van der Waals surface area (Å²) < 4.78 is 0. The van der Waals surface area contributed by atoms with Gasteiger partial charge >= 0.3 is 0 Å². The van der Waals surface area contributed by atoms with Gasteiger partial charge in [0.15, 0.2) is 0 Å². The highest BCUT2D eigenvalue weighted by Gasteiger charge is 2.40. The minimum atomic E-state index is 0.391. The zero-order chi connectivity index (χ0) is 11.3. The van der Waals surface area contributed by atoms with Gasteiger partial charge in [-0.1, -0.05) is 62.5 Å². The predicted octanol–water partition coefficient (Wildman–Crippen LogP) is 4.81. The maximum Gasteiger partial charge on any atom is -0.00742 e. The largest absolute Gasteiger partial charge is 0.0991 e. The highest BCUT2D eigenvalue weighted by atomic mass is 14.4. The molecule has 1 aliphatic carbocycles. The van der Waals surface area contributed by atoms with Crippen LogP contribution < -0.4 is 0 Å². The minimum absolute atomic E-state index is 0.391. The standard InChI is InChI=1S/C15H22/c1-5-7-9-15(10-11-15)12-14(4)13(3)8-6-2/h5,7,9H,1,3-4,6,8,10-12H2,2H3/b9-7-. The second-order valence-corrected chi connectivity index (χ2v) is 4.59. The lowest BCUT2D eigenvalue weighted by Crippen LogP contribution is -1.99. The fraction of sp³-hybridized carbons (Fsp3) is 0.467. The van der Waals surface area contributed by atoms with Crippen molar-refractivity contribution in [1.29, 1.82) is 0 Å². The van der Waals surface area contributed by atoms with Crippen LogP contribution in [0.4, 0.5) is 0 Å². The summed E-state index contributed by atoms with van der Waals surface area (Å²) in [7, 11) is 0. The van der Waals surface area contributed by atoms with Crippen LogP contribution in [0.2, 0.25) is 0 Å². The molecule has 0 spiro atoms. The van der Waals surface area contributed by atoms with E-state index in [0.717, 1.165) is 19.3 Å². The Balaban J connectivity index is 2.47. The third-order valence-electron chi connectivity index (χ3n) is 3.10. The maximum atomic E-state index is 4.15. The van der Waals surface area contributed by atoms with Gasteiger partial charge in [0, 0.05) is 0 Å². The van der Waals surface area contributed by atoms with Crippen molar-refractivity contribution in [2.24, 2.45) is 5.41 Å². The number of rotatable bonds is 7. The van der Waals surface area contributed by atoms with Crippen LogP contribution in [-0.2, 0) is 0 Å². The molecule has 82 valence electrons. The van der Waals surface area contributed by atoms with E-state index in [1.54, 1.807) is 0 Å². The summed E-state index contributed by atoms with van der Waals surface area (Å²) in [5.74, 6) is 0. The van der Waals surface area contributed by atoms with Gasteiger partial charge < -0.3 is 0 Å². The third-order valence-corrected chi connectivity index (χ3v) is 3.10. The molecule has 15 heavy (non-hydrogen) atoms. The highest BCUT2D eigenvalue weighted by Crippen LogP contribution is 2.52. The number of allylic oxidation sites excluding steroid dienone is 5. The summed E-state index contributed by atoms with van der Waals surface area (Å²) in [6.45, 7) is 14.1. The van der Waals surface area contributed by atoms with Crippen LogP contribution >= 0.6 is 0 Å². The monoisotopic (exact) mass is 202 g/mol. The molecule has 0 aromatic heterocycles. The van der Waals surface area contributed by atoms with E-state index in [0.29, 0.717) is 5.41 Å². The summed E-state index contributed by atoms with van der Waals surface area (Å²) >= 11 is 0. The van der Waals surface area contributed by atoms with Crippen LogP contribution in [0.25, 0.3) is 0 Å². The normalized spacial score (nSPS) is 17.7. The van der Waals surface area contributed by atoms with Crippen molar-refractivity contribution in [1.82, 2.24) is 0 Å². The molecule has 0 heterocycles. The lowest BCUT2D eigenvalue weighted by Gasteiger charge is -2.14. The van der Waals surface area contributed by atoms with E-state index in [9.17, 15) is 0 Å². The van der Waals surface area contributed by atoms with E-state index < -0.39 is 0 Å². The quantitative estimate of drug-likeness (QED) is 0.520.